The van der Waals surface area contributed by atoms with Crippen molar-refractivity contribution in [3.05, 3.63) is 131 Å². The van der Waals surface area contributed by atoms with Gasteiger partial charge in [-0.1, -0.05) is 61.4 Å². The van der Waals surface area contributed by atoms with Crippen LogP contribution in [0.5, 0.6) is 23.0 Å². The lowest BCUT2D eigenvalue weighted by molar-refractivity contribution is -0.123. The molecule has 10 heteroatoms. The van der Waals surface area contributed by atoms with Gasteiger partial charge >= 0.3 is 0 Å². The molecule has 2 aliphatic rings. The van der Waals surface area contributed by atoms with E-state index >= 15 is 0 Å². The van der Waals surface area contributed by atoms with Crippen LogP contribution in [0.1, 0.15) is 47.9 Å². The van der Waals surface area contributed by atoms with Gasteiger partial charge in [0.2, 0.25) is 0 Å². The van der Waals surface area contributed by atoms with Gasteiger partial charge in [0.25, 0.3) is 11.8 Å². The van der Waals surface area contributed by atoms with Gasteiger partial charge in [-0.05, 0) is 84.7 Å². The fourth-order valence-corrected chi connectivity index (χ4v) is 6.20. The van der Waals surface area contributed by atoms with Gasteiger partial charge in [-0.3, -0.25) is 19.4 Å². The number of carbonyl (C=O) groups excluding carboxylic acids is 2. The van der Waals surface area contributed by atoms with E-state index < -0.39 is 0 Å². The van der Waals surface area contributed by atoms with Crippen LogP contribution < -0.4 is 18.9 Å². The number of unbranched alkanes of at least 4 members (excludes halogenated alkanes) is 3. The Kier molecular flexibility index (Phi) is 11.5. The number of carbonyl (C=O) groups is 2. The second-order valence-corrected chi connectivity index (χ2v) is 12.2. The summed E-state index contributed by atoms with van der Waals surface area (Å²) < 4.78 is 21.8. The van der Waals surface area contributed by atoms with Crippen molar-refractivity contribution in [2.45, 2.75) is 25.7 Å². The quantitative estimate of drug-likeness (QED) is 0.0959. The smallest absolute Gasteiger partial charge is 0.278 e. The van der Waals surface area contributed by atoms with Crippen LogP contribution in [-0.4, -0.2) is 74.8 Å². The van der Waals surface area contributed by atoms with E-state index in [9.17, 15) is 9.59 Å². The highest BCUT2D eigenvalue weighted by atomic mass is 16.5. The molecule has 0 N–H and O–H groups in total. The molecule has 0 bridgehead atoms. The van der Waals surface area contributed by atoms with Crippen molar-refractivity contribution >= 4 is 35.6 Å². The van der Waals surface area contributed by atoms with Gasteiger partial charge in [-0.25, -0.2) is 9.98 Å². The maximum absolute atomic E-state index is 13.8. The molecule has 0 atom stereocenters. The number of amidine groups is 2. The second kappa shape index (κ2) is 16.7. The number of para-hydroxylation sites is 2. The van der Waals surface area contributed by atoms with Gasteiger partial charge in [0.05, 0.1) is 39.6 Å². The van der Waals surface area contributed by atoms with E-state index in [1.165, 1.54) is 0 Å². The summed E-state index contributed by atoms with van der Waals surface area (Å²) in [6.07, 6.45) is 6.78. The van der Waals surface area contributed by atoms with Crippen LogP contribution in [0.25, 0.3) is 12.2 Å². The highest BCUT2D eigenvalue weighted by Crippen LogP contribution is 2.30. The van der Waals surface area contributed by atoms with Crippen LogP contribution in [0.2, 0.25) is 0 Å². The van der Waals surface area contributed by atoms with E-state index in [0.29, 0.717) is 47.7 Å². The van der Waals surface area contributed by atoms with Crippen LogP contribution in [0.3, 0.4) is 0 Å². The van der Waals surface area contributed by atoms with Crippen LogP contribution >= 0.6 is 0 Å². The number of rotatable bonds is 15. The molecule has 0 aliphatic carbocycles. The molecule has 4 aromatic rings. The number of ether oxygens (including phenoxy) is 4. The number of nitrogens with zero attached hydrogens (tertiary/aromatic N) is 4. The fraction of sp³-hybridized carbons (Fsp3) is 0.238. The minimum Gasteiger partial charge on any atom is -0.497 e. The SMILES string of the molecule is COc1ccc(C=C2N=C(c3ccccc3OC)N(CCCCCCN3C(=O)C(=Cc4ccc(OC)cc4)N=C3c3ccccc3OC)C2=O)cc1. The van der Waals surface area contributed by atoms with Crippen molar-refractivity contribution < 1.29 is 28.5 Å². The maximum atomic E-state index is 13.8. The minimum atomic E-state index is -0.159. The molecule has 0 saturated carbocycles. The summed E-state index contributed by atoms with van der Waals surface area (Å²) in [5.74, 6) is 3.59. The summed E-state index contributed by atoms with van der Waals surface area (Å²) in [6.45, 7) is 0.974. The number of methoxy groups -OCH3 is 4. The number of amides is 2. The van der Waals surface area contributed by atoms with Crippen molar-refractivity contribution in [3.63, 3.8) is 0 Å². The normalized spacial score (nSPS) is 15.7. The molecule has 0 saturated heterocycles. The molecular weight excluding hydrogens is 656 g/mol. The van der Waals surface area contributed by atoms with Crippen LogP contribution in [0.15, 0.2) is 118 Å². The van der Waals surface area contributed by atoms with Crippen molar-refractivity contribution in [1.29, 1.82) is 0 Å². The molecule has 2 aliphatic heterocycles. The molecule has 0 fully saturated rings. The summed E-state index contributed by atoms with van der Waals surface area (Å²) in [5.41, 5.74) is 3.93. The monoisotopic (exact) mass is 698 g/mol. The zero-order chi connectivity index (χ0) is 36.5. The summed E-state index contributed by atoms with van der Waals surface area (Å²) >= 11 is 0. The van der Waals surface area contributed by atoms with E-state index in [2.05, 4.69) is 0 Å². The molecule has 266 valence electrons. The van der Waals surface area contributed by atoms with E-state index in [1.54, 1.807) is 50.4 Å². The Morgan fingerprint density at radius 3 is 1.25 bits per heavy atom. The van der Waals surface area contributed by atoms with Crippen LogP contribution in [-0.2, 0) is 9.59 Å². The zero-order valence-corrected chi connectivity index (χ0v) is 29.9. The lowest BCUT2D eigenvalue weighted by atomic mass is 10.1. The maximum Gasteiger partial charge on any atom is 0.278 e. The Morgan fingerprint density at radius 2 is 0.885 bits per heavy atom. The summed E-state index contributed by atoms with van der Waals surface area (Å²) in [4.78, 5) is 40.6. The average molecular weight is 699 g/mol. The molecule has 4 aromatic carbocycles. The zero-order valence-electron chi connectivity index (χ0n) is 29.9. The molecule has 10 nitrogen and oxygen atoms in total. The molecule has 0 aromatic heterocycles. The van der Waals surface area contributed by atoms with E-state index in [4.69, 9.17) is 28.9 Å². The third-order valence-electron chi connectivity index (χ3n) is 8.94. The first-order valence-electron chi connectivity index (χ1n) is 17.2. The molecule has 0 spiro atoms. The third-order valence-corrected chi connectivity index (χ3v) is 8.94. The van der Waals surface area contributed by atoms with E-state index in [-0.39, 0.29) is 11.8 Å². The Hall–Kier alpha value is -6.16. The lowest BCUT2D eigenvalue weighted by Crippen LogP contribution is -2.34. The van der Waals surface area contributed by atoms with Gasteiger partial charge in [-0.2, -0.15) is 0 Å². The first-order valence-corrected chi connectivity index (χ1v) is 17.2. The predicted octanol–water partition coefficient (Wildman–Crippen LogP) is 7.24. The molecule has 2 heterocycles. The largest absolute Gasteiger partial charge is 0.497 e. The minimum absolute atomic E-state index is 0.159. The van der Waals surface area contributed by atoms with Gasteiger partial charge in [0, 0.05) is 13.1 Å². The molecule has 0 radical (unpaired) electrons. The van der Waals surface area contributed by atoms with Crippen molar-refractivity contribution in [2.24, 2.45) is 9.98 Å². The van der Waals surface area contributed by atoms with E-state index in [0.717, 1.165) is 59.4 Å². The van der Waals surface area contributed by atoms with Crippen LogP contribution in [0.4, 0.5) is 0 Å². The Balaban J connectivity index is 1.13. The summed E-state index contributed by atoms with van der Waals surface area (Å²) in [7, 11) is 6.46. The Bertz CT molecular complexity index is 1890. The van der Waals surface area contributed by atoms with Gasteiger partial charge < -0.3 is 18.9 Å². The second-order valence-electron chi connectivity index (χ2n) is 12.2. The molecule has 0 unspecified atom stereocenters. The van der Waals surface area contributed by atoms with Crippen molar-refractivity contribution in [2.75, 3.05) is 41.5 Å². The van der Waals surface area contributed by atoms with Crippen LogP contribution in [0, 0.1) is 0 Å². The average Bonchev–Trinajstić information content (AvgIpc) is 3.67. The topological polar surface area (TPSA) is 102 Å². The molecule has 2 amide bonds. The molecule has 6 rings (SSSR count). The van der Waals surface area contributed by atoms with Crippen molar-refractivity contribution in [1.82, 2.24) is 9.80 Å². The van der Waals surface area contributed by atoms with E-state index in [1.807, 2.05) is 97.1 Å². The number of benzene rings is 4. The third kappa shape index (κ3) is 7.91. The number of aliphatic imine (C=N–C) groups is 2. The number of hydrogen-bond donors (Lipinski definition) is 0. The first-order chi connectivity index (χ1) is 25.4. The summed E-state index contributed by atoms with van der Waals surface area (Å²) in [5, 5.41) is 0. The highest BCUT2D eigenvalue weighted by molar-refractivity contribution is 6.21. The lowest BCUT2D eigenvalue weighted by Gasteiger charge is -2.21. The van der Waals surface area contributed by atoms with Gasteiger partial charge in [0.1, 0.15) is 46.1 Å². The van der Waals surface area contributed by atoms with Crippen molar-refractivity contribution in [3.8, 4) is 23.0 Å². The molecular formula is C42H42N4O6. The van der Waals surface area contributed by atoms with Gasteiger partial charge in [0.15, 0.2) is 0 Å². The summed E-state index contributed by atoms with van der Waals surface area (Å²) in [6, 6.07) is 30.2. The standard InChI is InChI=1S/C42H42N4O6/c1-49-31-21-17-29(18-22-31)27-35-41(47)45(39(43-35)33-13-7-9-15-37(33)51-3)25-11-5-6-12-26-46-40(34-14-8-10-16-38(34)52-4)44-36(42(46)48)28-30-19-23-32(50-2)24-20-30/h7-10,13-24,27-28H,5-6,11-12,25-26H2,1-4H3. The van der Waals surface area contributed by atoms with Gasteiger partial charge in [-0.15, -0.1) is 0 Å². The molecule has 52 heavy (non-hydrogen) atoms. The predicted molar refractivity (Wildman–Crippen MR) is 203 cm³/mol. The highest BCUT2D eigenvalue weighted by Gasteiger charge is 2.33. The Labute approximate surface area is 304 Å². The first kappa shape index (κ1) is 35.7. The fourth-order valence-electron chi connectivity index (χ4n) is 6.20. The number of hydrogen-bond acceptors (Lipinski definition) is 8. The Morgan fingerprint density at radius 1 is 0.500 bits per heavy atom.